The van der Waals surface area contributed by atoms with E-state index in [1.165, 1.54) is 0 Å². The molecule has 0 saturated carbocycles. The summed E-state index contributed by atoms with van der Waals surface area (Å²) < 4.78 is 1.91. The lowest BCUT2D eigenvalue weighted by Gasteiger charge is -2.14. The lowest BCUT2D eigenvalue weighted by molar-refractivity contribution is 0.102. The number of nitrogens with zero attached hydrogens (tertiary/aromatic N) is 3. The molecule has 0 bridgehead atoms. The van der Waals surface area contributed by atoms with E-state index in [4.69, 9.17) is 23.2 Å². The number of benzene rings is 2. The van der Waals surface area contributed by atoms with Crippen LogP contribution in [0.4, 0.5) is 5.69 Å². The Morgan fingerprint density at radius 1 is 1.09 bits per heavy atom. The third-order valence-corrected chi connectivity index (χ3v) is 6.15. The van der Waals surface area contributed by atoms with Gasteiger partial charge in [-0.1, -0.05) is 67.0 Å². The van der Waals surface area contributed by atoms with Crippen molar-refractivity contribution in [2.75, 3.05) is 5.32 Å². The van der Waals surface area contributed by atoms with Crippen LogP contribution in [0.5, 0.6) is 0 Å². The molecule has 0 unspecified atom stereocenters. The summed E-state index contributed by atoms with van der Waals surface area (Å²) >= 11 is 12.4. The largest absolute Gasteiger partial charge is 0.320 e. The molecular weight excluding hydrogens is 459 g/mol. The molecule has 4 aromatic rings. The van der Waals surface area contributed by atoms with Crippen molar-refractivity contribution >= 4 is 53.8 Å². The zero-order valence-electron chi connectivity index (χ0n) is 17.8. The average molecular weight is 479 g/mol. The van der Waals surface area contributed by atoms with Crippen LogP contribution in [0, 0.1) is 11.5 Å². The van der Waals surface area contributed by atoms with Gasteiger partial charge in [0, 0.05) is 24.0 Å². The highest BCUT2D eigenvalue weighted by Crippen LogP contribution is 2.31. The topological polar surface area (TPSA) is 59.8 Å². The molecule has 2 aromatic carbocycles. The lowest BCUT2D eigenvalue weighted by Crippen LogP contribution is -2.16. The van der Waals surface area contributed by atoms with E-state index in [1.54, 1.807) is 43.0 Å². The molecule has 1 amide bonds. The normalized spacial score (nSPS) is 11.2. The van der Waals surface area contributed by atoms with Gasteiger partial charge in [0.25, 0.3) is 5.91 Å². The first kappa shape index (κ1) is 22.1. The minimum atomic E-state index is -1.59. The van der Waals surface area contributed by atoms with Crippen LogP contribution in [0.1, 0.15) is 15.9 Å². The van der Waals surface area contributed by atoms with E-state index in [0.717, 1.165) is 16.6 Å². The minimum Gasteiger partial charge on any atom is -0.320 e. The van der Waals surface area contributed by atoms with Crippen molar-refractivity contribution in [3.63, 3.8) is 0 Å². The predicted molar refractivity (Wildman–Crippen MR) is 134 cm³/mol. The maximum Gasteiger partial charge on any atom is 0.258 e. The number of para-hydroxylation sites is 1. The Bertz CT molecular complexity index is 1360. The molecule has 1 N–H and O–H groups in total. The highest BCUT2D eigenvalue weighted by molar-refractivity contribution is 6.83. The second kappa shape index (κ2) is 8.79. The fraction of sp³-hybridized carbons (Fsp3) is 0.125. The number of hydrogen-bond donors (Lipinski definition) is 1. The molecule has 0 aliphatic heterocycles. The van der Waals surface area contributed by atoms with Gasteiger partial charge in [-0.15, -0.1) is 5.54 Å². The smallest absolute Gasteiger partial charge is 0.258 e. The number of imidazole rings is 1. The second-order valence-corrected chi connectivity index (χ2v) is 13.8. The summed E-state index contributed by atoms with van der Waals surface area (Å²) in [5.74, 6) is 2.91. The molecule has 0 aliphatic carbocycles. The zero-order valence-corrected chi connectivity index (χ0v) is 20.3. The van der Waals surface area contributed by atoms with Crippen LogP contribution in [0.25, 0.3) is 16.6 Å². The average Bonchev–Trinajstić information content (AvgIpc) is 3.25. The first-order valence-corrected chi connectivity index (χ1v) is 14.2. The van der Waals surface area contributed by atoms with Gasteiger partial charge in [0.1, 0.15) is 8.07 Å². The van der Waals surface area contributed by atoms with Crippen molar-refractivity contribution < 1.29 is 4.79 Å². The van der Waals surface area contributed by atoms with Crippen LogP contribution in [0.2, 0.25) is 29.7 Å². The molecule has 0 fully saturated rings. The molecule has 2 heterocycles. The summed E-state index contributed by atoms with van der Waals surface area (Å²) in [5, 5.41) is 4.31. The molecule has 160 valence electrons. The number of hydrogen-bond acceptors (Lipinski definition) is 3. The summed E-state index contributed by atoms with van der Waals surface area (Å²) in [6, 6.07) is 10.6. The summed E-state index contributed by atoms with van der Waals surface area (Å²) in [6.07, 6.45) is 7.04. The summed E-state index contributed by atoms with van der Waals surface area (Å²) in [5.41, 5.74) is 6.47. The number of halogens is 2. The van der Waals surface area contributed by atoms with Gasteiger partial charge >= 0.3 is 0 Å². The molecule has 8 heteroatoms. The molecule has 5 nitrogen and oxygen atoms in total. The van der Waals surface area contributed by atoms with E-state index in [1.807, 2.05) is 22.9 Å². The number of aromatic nitrogens is 3. The fourth-order valence-electron chi connectivity index (χ4n) is 3.23. The van der Waals surface area contributed by atoms with Crippen LogP contribution in [0.3, 0.4) is 0 Å². The number of fused-ring (bicyclic) bond motifs is 1. The van der Waals surface area contributed by atoms with Crippen molar-refractivity contribution in [2.45, 2.75) is 19.6 Å². The van der Waals surface area contributed by atoms with Crippen LogP contribution in [0.15, 0.2) is 61.3 Å². The Balaban J connectivity index is 1.86. The number of rotatable bonds is 3. The Morgan fingerprint density at radius 2 is 1.81 bits per heavy atom. The van der Waals surface area contributed by atoms with E-state index in [2.05, 4.69) is 46.4 Å². The second-order valence-electron chi connectivity index (χ2n) is 8.24. The molecule has 0 atom stereocenters. The van der Waals surface area contributed by atoms with Crippen molar-refractivity contribution in [1.82, 2.24) is 14.5 Å². The van der Waals surface area contributed by atoms with Gasteiger partial charge < -0.3 is 9.88 Å². The molecule has 0 spiro atoms. The quantitative estimate of drug-likeness (QED) is 0.281. The number of carbonyl (C=O) groups excluding carboxylic acids is 1. The third-order valence-electron chi connectivity index (χ3n) is 4.64. The fourth-order valence-corrected chi connectivity index (χ4v) is 4.30. The molecule has 0 radical (unpaired) electrons. The van der Waals surface area contributed by atoms with Gasteiger partial charge in [0.15, 0.2) is 0 Å². The van der Waals surface area contributed by atoms with Crippen molar-refractivity contribution in [3.05, 3.63) is 82.5 Å². The van der Waals surface area contributed by atoms with Crippen molar-refractivity contribution in [1.29, 1.82) is 0 Å². The zero-order chi connectivity index (χ0) is 22.9. The van der Waals surface area contributed by atoms with E-state index < -0.39 is 14.0 Å². The first-order valence-electron chi connectivity index (χ1n) is 9.93. The van der Waals surface area contributed by atoms with Gasteiger partial charge in [0.05, 0.1) is 44.4 Å². The SMILES string of the molecule is C[Si](C)(C)C#Cc1cnc2c(NC(=O)c3c(Cl)cccc3Cl)cccc2c1-n1ccnc1. The van der Waals surface area contributed by atoms with Crippen LogP contribution in [-0.4, -0.2) is 28.5 Å². The third kappa shape index (κ3) is 4.56. The van der Waals surface area contributed by atoms with Gasteiger partial charge in [-0.2, -0.15) is 0 Å². The Morgan fingerprint density at radius 3 is 2.47 bits per heavy atom. The maximum absolute atomic E-state index is 13.0. The lowest BCUT2D eigenvalue weighted by atomic mass is 10.1. The first-order chi connectivity index (χ1) is 15.2. The summed E-state index contributed by atoms with van der Waals surface area (Å²) in [6.45, 7) is 6.58. The van der Waals surface area contributed by atoms with Gasteiger partial charge in [-0.3, -0.25) is 9.78 Å². The standard InChI is InChI=1S/C24H20Cl2N4OSi/c1-32(2,3)13-10-16-14-28-22-17(23(16)30-12-11-27-15-30)6-4-9-20(22)29-24(31)21-18(25)7-5-8-19(21)26/h4-9,11-12,14-15H,1-3H3,(H,29,31). The maximum atomic E-state index is 13.0. The van der Waals surface area contributed by atoms with E-state index >= 15 is 0 Å². The van der Waals surface area contributed by atoms with E-state index in [0.29, 0.717) is 11.2 Å². The molecule has 0 saturated heterocycles. The van der Waals surface area contributed by atoms with Gasteiger partial charge in [-0.25, -0.2) is 4.98 Å². The number of nitrogens with one attached hydrogen (secondary N) is 1. The molecule has 2 aromatic heterocycles. The van der Waals surface area contributed by atoms with Crippen molar-refractivity contribution in [2.24, 2.45) is 0 Å². The Kier molecular flexibility index (Phi) is 6.07. The molecule has 32 heavy (non-hydrogen) atoms. The highest BCUT2D eigenvalue weighted by atomic mass is 35.5. The van der Waals surface area contributed by atoms with Crippen molar-refractivity contribution in [3.8, 4) is 17.2 Å². The van der Waals surface area contributed by atoms with Crippen LogP contribution < -0.4 is 5.32 Å². The minimum absolute atomic E-state index is 0.222. The Hall–Kier alpha value is -3.11. The Labute approximate surface area is 197 Å². The van der Waals surface area contributed by atoms with E-state index in [-0.39, 0.29) is 15.6 Å². The molecular formula is C24H20Cl2N4OSi. The molecule has 0 aliphatic rings. The van der Waals surface area contributed by atoms with Crippen LogP contribution >= 0.6 is 23.2 Å². The van der Waals surface area contributed by atoms with Gasteiger partial charge in [-0.05, 0) is 18.2 Å². The molecule has 4 rings (SSSR count). The monoisotopic (exact) mass is 478 g/mol. The summed E-state index contributed by atoms with van der Waals surface area (Å²) in [4.78, 5) is 21.8. The van der Waals surface area contributed by atoms with E-state index in [9.17, 15) is 4.79 Å². The summed E-state index contributed by atoms with van der Waals surface area (Å²) in [7, 11) is -1.59. The number of anilines is 1. The number of amides is 1. The predicted octanol–water partition coefficient (Wildman–Crippen LogP) is 6.21. The number of pyridine rings is 1. The highest BCUT2D eigenvalue weighted by Gasteiger charge is 2.18. The van der Waals surface area contributed by atoms with Crippen LogP contribution in [-0.2, 0) is 0 Å². The van der Waals surface area contributed by atoms with Gasteiger partial charge in [0.2, 0.25) is 0 Å². The number of carbonyl (C=O) groups is 1.